The summed E-state index contributed by atoms with van der Waals surface area (Å²) in [5, 5.41) is 3.05. The summed E-state index contributed by atoms with van der Waals surface area (Å²) < 4.78 is 0. The van der Waals surface area contributed by atoms with Crippen molar-refractivity contribution < 1.29 is 9.59 Å². The van der Waals surface area contributed by atoms with Crippen molar-refractivity contribution in [1.82, 2.24) is 10.2 Å². The van der Waals surface area contributed by atoms with Crippen molar-refractivity contribution in [2.45, 2.75) is 78.4 Å². The van der Waals surface area contributed by atoms with Crippen molar-refractivity contribution in [2.24, 2.45) is 0 Å². The Balaban J connectivity index is 1.87. The molecule has 0 saturated carbocycles. The lowest BCUT2D eigenvalue weighted by molar-refractivity contribution is -0.141. The molecule has 0 spiro atoms. The SMILES string of the molecule is Cc1ccc(CN(C(=O)CCc2ccc(C(C)C)cc2)C(Cc2ccccc2)C(=O)NC(C)C)cc1. The quantitative estimate of drug-likeness (QED) is 0.351. The molecule has 4 nitrogen and oxygen atoms in total. The number of benzene rings is 3. The van der Waals surface area contributed by atoms with Crippen LogP contribution in [0.5, 0.6) is 0 Å². The van der Waals surface area contributed by atoms with Gasteiger partial charge in [0.1, 0.15) is 6.04 Å². The highest BCUT2D eigenvalue weighted by atomic mass is 16.2. The lowest BCUT2D eigenvalue weighted by Crippen LogP contribution is -2.51. The Kier molecular flexibility index (Phi) is 9.86. The summed E-state index contributed by atoms with van der Waals surface area (Å²) in [5.74, 6) is 0.350. The van der Waals surface area contributed by atoms with Gasteiger partial charge in [0.25, 0.3) is 0 Å². The number of hydrogen-bond acceptors (Lipinski definition) is 2. The van der Waals surface area contributed by atoms with Crippen LogP contribution in [0.15, 0.2) is 78.9 Å². The number of carbonyl (C=O) groups is 2. The number of hydrogen-bond donors (Lipinski definition) is 1. The van der Waals surface area contributed by atoms with E-state index >= 15 is 0 Å². The van der Waals surface area contributed by atoms with Crippen LogP contribution in [0, 0.1) is 6.92 Å². The Morgan fingerprint density at radius 2 is 1.39 bits per heavy atom. The van der Waals surface area contributed by atoms with E-state index in [2.05, 4.69) is 55.6 Å². The van der Waals surface area contributed by atoms with E-state index in [0.717, 1.165) is 16.7 Å². The second kappa shape index (κ2) is 13.1. The fourth-order valence-corrected chi connectivity index (χ4v) is 4.29. The average molecular weight is 485 g/mol. The number of nitrogens with one attached hydrogen (secondary N) is 1. The first-order chi connectivity index (χ1) is 17.2. The Morgan fingerprint density at radius 3 is 1.97 bits per heavy atom. The number of rotatable bonds is 11. The zero-order chi connectivity index (χ0) is 26.1. The van der Waals surface area contributed by atoms with Crippen LogP contribution in [0.1, 0.15) is 67.9 Å². The number of carbonyl (C=O) groups excluding carboxylic acids is 2. The van der Waals surface area contributed by atoms with Gasteiger partial charge < -0.3 is 10.2 Å². The van der Waals surface area contributed by atoms with Gasteiger partial charge in [-0.2, -0.15) is 0 Å². The van der Waals surface area contributed by atoms with Crippen molar-refractivity contribution in [3.05, 3.63) is 107 Å². The van der Waals surface area contributed by atoms with Crippen LogP contribution in [-0.2, 0) is 29.0 Å². The van der Waals surface area contributed by atoms with Gasteiger partial charge >= 0.3 is 0 Å². The van der Waals surface area contributed by atoms with Crippen LogP contribution in [0.3, 0.4) is 0 Å². The molecule has 0 fully saturated rings. The second-order valence-electron chi connectivity index (χ2n) is 10.3. The van der Waals surface area contributed by atoms with E-state index in [1.807, 2.05) is 63.2 Å². The topological polar surface area (TPSA) is 49.4 Å². The fourth-order valence-electron chi connectivity index (χ4n) is 4.29. The molecule has 0 aliphatic rings. The van der Waals surface area contributed by atoms with Crippen LogP contribution in [0.25, 0.3) is 0 Å². The highest BCUT2D eigenvalue weighted by molar-refractivity contribution is 5.88. The molecule has 0 radical (unpaired) electrons. The van der Waals surface area contributed by atoms with Gasteiger partial charge in [0.2, 0.25) is 11.8 Å². The van der Waals surface area contributed by atoms with Crippen LogP contribution < -0.4 is 5.32 Å². The molecule has 2 amide bonds. The third-order valence-electron chi connectivity index (χ3n) is 6.45. The maximum absolute atomic E-state index is 13.7. The molecule has 0 aliphatic heterocycles. The predicted octanol–water partition coefficient (Wildman–Crippen LogP) is 6.22. The summed E-state index contributed by atoms with van der Waals surface area (Å²) >= 11 is 0. The number of amides is 2. The zero-order valence-corrected chi connectivity index (χ0v) is 22.3. The smallest absolute Gasteiger partial charge is 0.243 e. The van der Waals surface area contributed by atoms with Crippen LogP contribution in [-0.4, -0.2) is 28.8 Å². The first-order valence-corrected chi connectivity index (χ1v) is 13.0. The molecule has 0 aliphatic carbocycles. The Bertz CT molecular complexity index is 1100. The van der Waals surface area contributed by atoms with Gasteiger partial charge in [-0.3, -0.25) is 9.59 Å². The minimum absolute atomic E-state index is 0.00780. The highest BCUT2D eigenvalue weighted by Crippen LogP contribution is 2.19. The predicted molar refractivity (Wildman–Crippen MR) is 148 cm³/mol. The van der Waals surface area contributed by atoms with Crippen LogP contribution in [0.4, 0.5) is 0 Å². The zero-order valence-electron chi connectivity index (χ0n) is 22.3. The molecule has 1 unspecified atom stereocenters. The Labute approximate surface area is 216 Å². The molecule has 3 rings (SSSR count). The van der Waals surface area contributed by atoms with Gasteiger partial charge in [0.05, 0.1) is 0 Å². The van der Waals surface area contributed by atoms with Gasteiger partial charge in [-0.1, -0.05) is 98.3 Å². The summed E-state index contributed by atoms with van der Waals surface area (Å²) in [6.45, 7) is 10.7. The van der Waals surface area contributed by atoms with E-state index in [9.17, 15) is 9.59 Å². The van der Waals surface area contributed by atoms with E-state index in [0.29, 0.717) is 31.7 Å². The van der Waals surface area contributed by atoms with E-state index < -0.39 is 6.04 Å². The molecule has 190 valence electrons. The lowest BCUT2D eigenvalue weighted by Gasteiger charge is -2.32. The normalized spacial score (nSPS) is 12.0. The van der Waals surface area contributed by atoms with Crippen LogP contribution >= 0.6 is 0 Å². The summed E-state index contributed by atoms with van der Waals surface area (Å²) in [4.78, 5) is 28.9. The standard InChI is InChI=1S/C32H40N2O2/c1-23(2)29-18-15-26(16-19-29)17-20-31(35)34(22-28-13-11-25(5)12-14-28)30(32(36)33-24(3)4)21-27-9-7-6-8-10-27/h6-16,18-19,23-24,30H,17,20-22H2,1-5H3,(H,33,36). The molecular weight excluding hydrogens is 444 g/mol. The molecule has 3 aromatic carbocycles. The molecule has 1 N–H and O–H groups in total. The largest absolute Gasteiger partial charge is 0.352 e. The first-order valence-electron chi connectivity index (χ1n) is 13.0. The Morgan fingerprint density at radius 1 is 0.778 bits per heavy atom. The van der Waals surface area contributed by atoms with E-state index in [1.54, 1.807) is 4.90 Å². The molecule has 0 aromatic heterocycles. The van der Waals surface area contributed by atoms with Crippen LogP contribution in [0.2, 0.25) is 0 Å². The molecule has 0 bridgehead atoms. The van der Waals surface area contributed by atoms with Crippen molar-refractivity contribution in [2.75, 3.05) is 0 Å². The van der Waals surface area contributed by atoms with Gasteiger partial charge in [-0.05, 0) is 55.4 Å². The minimum atomic E-state index is -0.591. The number of aryl methyl sites for hydroxylation is 2. The monoisotopic (exact) mass is 484 g/mol. The molecule has 0 saturated heterocycles. The maximum Gasteiger partial charge on any atom is 0.243 e. The summed E-state index contributed by atoms with van der Waals surface area (Å²) in [7, 11) is 0. The lowest BCUT2D eigenvalue weighted by atomic mass is 9.99. The van der Waals surface area contributed by atoms with Crippen molar-refractivity contribution in [1.29, 1.82) is 0 Å². The number of nitrogens with zero attached hydrogens (tertiary/aromatic N) is 1. The molecule has 36 heavy (non-hydrogen) atoms. The molecule has 1 atom stereocenters. The fraction of sp³-hybridized carbons (Fsp3) is 0.375. The first kappa shape index (κ1) is 27.2. The summed E-state index contributed by atoms with van der Waals surface area (Å²) in [6, 6.07) is 26.0. The molecule has 3 aromatic rings. The van der Waals surface area contributed by atoms with E-state index in [-0.39, 0.29) is 17.9 Å². The molecule has 0 heterocycles. The maximum atomic E-state index is 13.7. The third-order valence-corrected chi connectivity index (χ3v) is 6.45. The van der Waals surface area contributed by atoms with Gasteiger partial charge in [-0.25, -0.2) is 0 Å². The third kappa shape index (κ3) is 8.08. The van der Waals surface area contributed by atoms with Crippen molar-refractivity contribution in [3.63, 3.8) is 0 Å². The molecular formula is C32H40N2O2. The average Bonchev–Trinajstić information content (AvgIpc) is 2.86. The van der Waals surface area contributed by atoms with Crippen molar-refractivity contribution in [3.8, 4) is 0 Å². The summed E-state index contributed by atoms with van der Waals surface area (Å²) in [6.07, 6.45) is 1.47. The Hall–Kier alpha value is -3.40. The second-order valence-corrected chi connectivity index (χ2v) is 10.3. The van der Waals surface area contributed by atoms with Gasteiger partial charge in [0.15, 0.2) is 0 Å². The summed E-state index contributed by atoms with van der Waals surface area (Å²) in [5.41, 5.74) is 5.64. The van der Waals surface area contributed by atoms with Gasteiger partial charge in [0, 0.05) is 25.4 Å². The minimum Gasteiger partial charge on any atom is -0.352 e. The van der Waals surface area contributed by atoms with Crippen molar-refractivity contribution >= 4 is 11.8 Å². The molecule has 4 heteroatoms. The van der Waals surface area contributed by atoms with E-state index in [1.165, 1.54) is 11.1 Å². The van der Waals surface area contributed by atoms with Gasteiger partial charge in [-0.15, -0.1) is 0 Å². The van der Waals surface area contributed by atoms with E-state index in [4.69, 9.17) is 0 Å². The highest BCUT2D eigenvalue weighted by Gasteiger charge is 2.30.